The molecular formula is C36H38N4O12S2. The van der Waals surface area contributed by atoms with E-state index in [0.29, 0.717) is 0 Å². The van der Waals surface area contributed by atoms with E-state index in [2.05, 4.69) is 10.6 Å². The van der Waals surface area contributed by atoms with Gasteiger partial charge < -0.3 is 29.6 Å². The molecule has 4 aromatic rings. The SMILES string of the molecule is Cc1ccc(S(=O)(=O)NC(=O)Nc2cccc(C(=O)OCCOCCOCCOC(=O)c3cccc(NC(=O)NS(=O)(=O)c4ccc(C)cc4)c3)c2)cc1. The normalized spacial score (nSPS) is 11.2. The summed E-state index contributed by atoms with van der Waals surface area (Å²) in [5.41, 5.74) is 2.28. The molecule has 0 aliphatic heterocycles. The second-order valence-electron chi connectivity index (χ2n) is 11.4. The first kappa shape index (κ1) is 40.9. The quantitative estimate of drug-likeness (QED) is 0.0867. The van der Waals surface area contributed by atoms with Crippen LogP contribution in [0.1, 0.15) is 31.8 Å². The molecule has 16 nitrogen and oxygen atoms in total. The number of carbonyl (C=O) groups excluding carboxylic acids is 4. The minimum absolute atomic E-state index is 0.0571. The van der Waals surface area contributed by atoms with Crippen molar-refractivity contribution in [3.63, 3.8) is 0 Å². The van der Waals surface area contributed by atoms with Crippen LogP contribution in [-0.2, 0) is 39.0 Å². The van der Waals surface area contributed by atoms with Crippen LogP contribution in [0.15, 0.2) is 107 Å². The van der Waals surface area contributed by atoms with Gasteiger partial charge in [-0.25, -0.2) is 45.5 Å². The number of amides is 4. The summed E-state index contributed by atoms with van der Waals surface area (Å²) in [6, 6.07) is 21.4. The number of urea groups is 2. The van der Waals surface area contributed by atoms with Crippen LogP contribution in [0, 0.1) is 13.8 Å². The highest BCUT2D eigenvalue weighted by molar-refractivity contribution is 7.90. The Labute approximate surface area is 312 Å². The van der Waals surface area contributed by atoms with E-state index >= 15 is 0 Å². The van der Waals surface area contributed by atoms with Crippen molar-refractivity contribution in [2.75, 3.05) is 50.3 Å². The van der Waals surface area contributed by atoms with Gasteiger partial charge in [-0.1, -0.05) is 47.5 Å². The first-order valence-electron chi connectivity index (χ1n) is 16.2. The average molecular weight is 783 g/mol. The molecule has 0 saturated carbocycles. The standard InChI is InChI=1S/C36H38N4O12S2/c1-25-9-13-31(14-10-25)53(45,46)39-35(43)37-29-7-3-5-27(23-29)33(41)51-21-19-49-17-18-50-20-22-52-34(42)28-6-4-8-30(24-28)38-36(44)40-54(47,48)32-15-11-26(2)12-16-32/h3-16,23-24H,17-22H2,1-2H3,(H2,37,39,43)(H2,38,40,44). The molecule has 0 saturated heterocycles. The lowest BCUT2D eigenvalue weighted by molar-refractivity contribution is 0.00230. The zero-order valence-corrected chi connectivity index (χ0v) is 30.8. The Balaban J connectivity index is 1.07. The molecule has 0 heterocycles. The Kier molecular flexibility index (Phi) is 14.6. The summed E-state index contributed by atoms with van der Waals surface area (Å²) in [5, 5.41) is 4.76. The van der Waals surface area contributed by atoms with Gasteiger partial charge in [-0.05, 0) is 74.5 Å². The van der Waals surface area contributed by atoms with Crippen molar-refractivity contribution in [3.8, 4) is 0 Å². The first-order valence-corrected chi connectivity index (χ1v) is 19.2. The largest absolute Gasteiger partial charge is 0.460 e. The zero-order chi connectivity index (χ0) is 39.1. The molecule has 4 N–H and O–H groups in total. The molecule has 0 fully saturated rings. The van der Waals surface area contributed by atoms with E-state index in [1.165, 1.54) is 72.8 Å². The first-order chi connectivity index (χ1) is 25.7. The Morgan fingerprint density at radius 1 is 0.500 bits per heavy atom. The molecule has 0 spiro atoms. The lowest BCUT2D eigenvalue weighted by Gasteiger charge is -2.11. The van der Waals surface area contributed by atoms with E-state index in [4.69, 9.17) is 18.9 Å². The van der Waals surface area contributed by atoms with Crippen molar-refractivity contribution in [2.45, 2.75) is 23.6 Å². The maximum Gasteiger partial charge on any atom is 0.338 e. The number of ether oxygens (including phenoxy) is 4. The van der Waals surface area contributed by atoms with E-state index in [9.17, 15) is 36.0 Å². The molecule has 0 bridgehead atoms. The second-order valence-corrected chi connectivity index (χ2v) is 14.8. The van der Waals surface area contributed by atoms with Gasteiger partial charge in [0.2, 0.25) is 0 Å². The van der Waals surface area contributed by atoms with Gasteiger partial charge in [0.1, 0.15) is 13.2 Å². The van der Waals surface area contributed by atoms with Gasteiger partial charge in [0.15, 0.2) is 0 Å². The van der Waals surface area contributed by atoms with Crippen LogP contribution in [0.5, 0.6) is 0 Å². The third-order valence-corrected chi connectivity index (χ3v) is 9.82. The number of nitrogens with one attached hydrogen (secondary N) is 4. The molecule has 0 atom stereocenters. The average Bonchev–Trinajstić information content (AvgIpc) is 3.12. The fraction of sp³-hybridized carbons (Fsp3) is 0.222. The lowest BCUT2D eigenvalue weighted by Crippen LogP contribution is -2.34. The van der Waals surface area contributed by atoms with Crippen molar-refractivity contribution in [1.29, 1.82) is 0 Å². The highest BCUT2D eigenvalue weighted by atomic mass is 32.2. The topological polar surface area (TPSA) is 222 Å². The van der Waals surface area contributed by atoms with Crippen molar-refractivity contribution in [3.05, 3.63) is 119 Å². The number of hydrogen-bond donors (Lipinski definition) is 4. The van der Waals surface area contributed by atoms with Gasteiger partial charge in [-0.2, -0.15) is 0 Å². The maximum absolute atomic E-state index is 12.5. The van der Waals surface area contributed by atoms with Crippen LogP contribution < -0.4 is 20.1 Å². The Morgan fingerprint density at radius 2 is 0.852 bits per heavy atom. The molecule has 4 rings (SSSR count). The number of benzene rings is 4. The van der Waals surface area contributed by atoms with Crippen LogP contribution in [0.4, 0.5) is 21.0 Å². The Morgan fingerprint density at radius 3 is 1.22 bits per heavy atom. The van der Waals surface area contributed by atoms with Crippen molar-refractivity contribution < 1.29 is 55.0 Å². The minimum Gasteiger partial charge on any atom is -0.460 e. The van der Waals surface area contributed by atoms with Crippen LogP contribution in [0.2, 0.25) is 0 Å². The summed E-state index contributed by atoms with van der Waals surface area (Å²) in [6.45, 7) is 3.86. The van der Waals surface area contributed by atoms with Crippen LogP contribution >= 0.6 is 0 Å². The lowest BCUT2D eigenvalue weighted by atomic mass is 10.2. The van der Waals surface area contributed by atoms with Crippen LogP contribution in [0.3, 0.4) is 0 Å². The second kappa shape index (κ2) is 19.3. The summed E-state index contributed by atoms with van der Waals surface area (Å²) in [6.07, 6.45) is 0. The maximum atomic E-state index is 12.5. The predicted molar refractivity (Wildman–Crippen MR) is 196 cm³/mol. The highest BCUT2D eigenvalue weighted by Gasteiger charge is 2.19. The third-order valence-electron chi connectivity index (χ3n) is 7.12. The number of rotatable bonds is 17. The molecule has 4 amide bonds. The smallest absolute Gasteiger partial charge is 0.338 e. The van der Waals surface area contributed by atoms with E-state index in [1.54, 1.807) is 38.1 Å². The number of carbonyl (C=O) groups is 4. The van der Waals surface area contributed by atoms with Crippen molar-refractivity contribution >= 4 is 55.4 Å². The molecule has 0 aliphatic rings. The molecule has 0 aliphatic carbocycles. The molecule has 18 heteroatoms. The van der Waals surface area contributed by atoms with Crippen molar-refractivity contribution in [1.82, 2.24) is 9.44 Å². The zero-order valence-electron chi connectivity index (χ0n) is 29.2. The van der Waals surface area contributed by atoms with Gasteiger partial charge in [0.25, 0.3) is 20.0 Å². The van der Waals surface area contributed by atoms with E-state index in [-0.39, 0.29) is 71.9 Å². The van der Waals surface area contributed by atoms with Crippen LogP contribution in [-0.4, -0.2) is 80.5 Å². The molecule has 0 unspecified atom stereocenters. The summed E-state index contributed by atoms with van der Waals surface area (Å²) >= 11 is 0. The number of hydrogen-bond acceptors (Lipinski definition) is 12. The summed E-state index contributed by atoms with van der Waals surface area (Å²) < 4.78 is 74.7. The fourth-order valence-electron chi connectivity index (χ4n) is 4.43. The van der Waals surface area contributed by atoms with Gasteiger partial charge in [-0.15, -0.1) is 0 Å². The van der Waals surface area contributed by atoms with E-state index in [0.717, 1.165) is 11.1 Å². The molecule has 4 aromatic carbocycles. The molecule has 54 heavy (non-hydrogen) atoms. The molecular weight excluding hydrogens is 745 g/mol. The van der Waals surface area contributed by atoms with E-state index in [1.807, 2.05) is 9.44 Å². The Bertz CT molecular complexity index is 2010. The third kappa shape index (κ3) is 13.0. The number of sulfonamides is 2. The molecule has 286 valence electrons. The van der Waals surface area contributed by atoms with E-state index < -0.39 is 44.0 Å². The van der Waals surface area contributed by atoms with Crippen LogP contribution in [0.25, 0.3) is 0 Å². The highest BCUT2D eigenvalue weighted by Crippen LogP contribution is 2.15. The number of anilines is 2. The summed E-state index contributed by atoms with van der Waals surface area (Å²) in [7, 11) is -8.20. The number of esters is 2. The fourth-order valence-corrected chi connectivity index (χ4v) is 6.25. The van der Waals surface area contributed by atoms with Gasteiger partial charge >= 0.3 is 24.0 Å². The number of aryl methyl sites for hydroxylation is 2. The molecule has 0 aromatic heterocycles. The Hall–Kier alpha value is -5.82. The van der Waals surface area contributed by atoms with Gasteiger partial charge in [0, 0.05) is 11.4 Å². The monoisotopic (exact) mass is 782 g/mol. The van der Waals surface area contributed by atoms with Gasteiger partial charge in [0.05, 0.1) is 47.3 Å². The van der Waals surface area contributed by atoms with Gasteiger partial charge in [-0.3, -0.25) is 0 Å². The predicted octanol–water partition coefficient (Wildman–Crippen LogP) is 4.37. The summed E-state index contributed by atoms with van der Waals surface area (Å²) in [5.74, 6) is -1.38. The summed E-state index contributed by atoms with van der Waals surface area (Å²) in [4.78, 5) is 49.4. The van der Waals surface area contributed by atoms with Crippen molar-refractivity contribution in [2.24, 2.45) is 0 Å². The molecule has 0 radical (unpaired) electrons. The minimum atomic E-state index is -4.10.